The Kier molecular flexibility index (Phi) is 5.92. The van der Waals surface area contributed by atoms with E-state index in [9.17, 15) is 9.59 Å². The minimum Gasteiger partial charge on any atom is -0.427 e. The monoisotopic (exact) mass is 401 g/mol. The molecule has 2 aliphatic rings. The highest BCUT2D eigenvalue weighted by Crippen LogP contribution is 2.34. The van der Waals surface area contributed by atoms with Gasteiger partial charge in [-0.25, -0.2) is 9.78 Å². The molecule has 0 bridgehead atoms. The summed E-state index contributed by atoms with van der Waals surface area (Å²) in [6.07, 6.45) is 8.16. The fourth-order valence-electron chi connectivity index (χ4n) is 4.29. The summed E-state index contributed by atoms with van der Waals surface area (Å²) in [5.41, 5.74) is 1.21. The minimum atomic E-state index is -0.567. The van der Waals surface area contributed by atoms with E-state index >= 15 is 0 Å². The third kappa shape index (κ3) is 4.20. The number of hydrogen-bond acceptors (Lipinski definition) is 6. The summed E-state index contributed by atoms with van der Waals surface area (Å²) in [7, 11) is 0. The Labute approximate surface area is 168 Å². The van der Waals surface area contributed by atoms with Gasteiger partial charge in [0.2, 0.25) is 0 Å². The van der Waals surface area contributed by atoms with Crippen LogP contribution in [0.2, 0.25) is 0 Å². The third-order valence-electron chi connectivity index (χ3n) is 5.86. The van der Waals surface area contributed by atoms with Gasteiger partial charge < -0.3 is 9.73 Å². The predicted molar refractivity (Wildman–Crippen MR) is 110 cm³/mol. The highest BCUT2D eigenvalue weighted by atomic mass is 32.1. The Bertz CT molecular complexity index is 893. The van der Waals surface area contributed by atoms with Gasteiger partial charge in [0, 0.05) is 23.8 Å². The molecule has 28 heavy (non-hydrogen) atoms. The van der Waals surface area contributed by atoms with Crippen molar-refractivity contribution in [2.45, 2.75) is 63.7 Å². The third-order valence-corrected chi connectivity index (χ3v) is 6.64. The molecule has 2 N–H and O–H groups in total. The molecule has 2 aromatic heterocycles. The molecule has 4 rings (SSSR count). The number of aryl methyl sites for hydroxylation is 1. The number of hydrogen-bond donors (Lipinski definition) is 2. The number of carbonyl (C=O) groups excluding carboxylic acids is 1. The molecule has 150 valence electrons. The van der Waals surface area contributed by atoms with Crippen molar-refractivity contribution < 1.29 is 9.21 Å². The largest absolute Gasteiger partial charge is 0.427 e. The molecule has 6 nitrogen and oxygen atoms in total. The summed E-state index contributed by atoms with van der Waals surface area (Å²) < 4.78 is 5.51. The first-order chi connectivity index (χ1) is 13.6. The standard InChI is InChI=1S/C21H27N3O3S/c1-13-10-17(15-8-5-9-22-11-15)27-20(26)18(13)19(25)24-21-23-16(12-28-21)14-6-3-2-4-7-14/h10,12,14-15,22H,2-9,11H2,1H3,(H,23,24,25). The van der Waals surface area contributed by atoms with Crippen molar-refractivity contribution in [3.63, 3.8) is 0 Å². The maximum atomic E-state index is 12.7. The van der Waals surface area contributed by atoms with Gasteiger partial charge in [0.25, 0.3) is 5.91 Å². The van der Waals surface area contributed by atoms with Gasteiger partial charge in [-0.1, -0.05) is 19.3 Å². The predicted octanol–water partition coefficient (Wildman–Crippen LogP) is 4.17. The molecular formula is C21H27N3O3S. The van der Waals surface area contributed by atoms with E-state index < -0.39 is 11.5 Å². The van der Waals surface area contributed by atoms with Crippen LogP contribution in [-0.4, -0.2) is 24.0 Å². The van der Waals surface area contributed by atoms with Gasteiger partial charge in [0.1, 0.15) is 11.3 Å². The van der Waals surface area contributed by atoms with Crippen LogP contribution >= 0.6 is 11.3 Å². The number of nitrogens with zero attached hydrogens (tertiary/aromatic N) is 1. The van der Waals surface area contributed by atoms with Gasteiger partial charge in [-0.2, -0.15) is 0 Å². The Balaban J connectivity index is 1.48. The van der Waals surface area contributed by atoms with Crippen LogP contribution in [0.3, 0.4) is 0 Å². The summed E-state index contributed by atoms with van der Waals surface area (Å²) in [4.78, 5) is 29.8. The van der Waals surface area contributed by atoms with Crippen LogP contribution in [0, 0.1) is 6.92 Å². The van der Waals surface area contributed by atoms with Crippen molar-refractivity contribution in [3.05, 3.63) is 44.4 Å². The topological polar surface area (TPSA) is 84.2 Å². The SMILES string of the molecule is Cc1cc(C2CCCNC2)oc(=O)c1C(=O)Nc1nc(C2CCCCC2)cs1. The summed E-state index contributed by atoms with van der Waals surface area (Å²) >= 11 is 1.42. The van der Waals surface area contributed by atoms with Crippen LogP contribution in [0.15, 0.2) is 20.7 Å². The second kappa shape index (κ2) is 8.57. The van der Waals surface area contributed by atoms with Crippen molar-refractivity contribution in [1.82, 2.24) is 10.3 Å². The molecule has 1 saturated carbocycles. The Hall–Kier alpha value is -1.99. The zero-order valence-corrected chi connectivity index (χ0v) is 17.1. The molecule has 0 aromatic carbocycles. The smallest absolute Gasteiger partial charge is 0.349 e. The van der Waals surface area contributed by atoms with Crippen LogP contribution < -0.4 is 16.3 Å². The Morgan fingerprint density at radius 2 is 2.00 bits per heavy atom. The van der Waals surface area contributed by atoms with Crippen LogP contribution in [-0.2, 0) is 0 Å². The van der Waals surface area contributed by atoms with Crippen molar-refractivity contribution in [2.24, 2.45) is 0 Å². The zero-order valence-electron chi connectivity index (χ0n) is 16.3. The number of amides is 1. The summed E-state index contributed by atoms with van der Waals surface area (Å²) in [5.74, 6) is 0.907. The van der Waals surface area contributed by atoms with Gasteiger partial charge >= 0.3 is 5.63 Å². The number of rotatable bonds is 4. The molecule has 1 aliphatic carbocycles. The molecule has 1 unspecified atom stereocenters. The number of nitrogens with one attached hydrogen (secondary N) is 2. The van der Waals surface area contributed by atoms with Crippen LogP contribution in [0.4, 0.5) is 5.13 Å². The molecule has 0 radical (unpaired) electrons. The zero-order chi connectivity index (χ0) is 19.5. The molecule has 3 heterocycles. The Morgan fingerprint density at radius 3 is 2.71 bits per heavy atom. The quantitative estimate of drug-likeness (QED) is 0.803. The van der Waals surface area contributed by atoms with E-state index in [0.717, 1.165) is 44.5 Å². The van der Waals surface area contributed by atoms with Crippen LogP contribution in [0.1, 0.15) is 84.2 Å². The summed E-state index contributed by atoms with van der Waals surface area (Å²) in [6.45, 7) is 3.59. The van der Waals surface area contributed by atoms with E-state index in [0.29, 0.717) is 22.4 Å². The average Bonchev–Trinajstić information content (AvgIpc) is 3.17. The van der Waals surface area contributed by atoms with Crippen molar-refractivity contribution in [2.75, 3.05) is 18.4 Å². The van der Waals surface area contributed by atoms with E-state index in [4.69, 9.17) is 4.42 Å². The van der Waals surface area contributed by atoms with E-state index in [1.165, 1.54) is 30.6 Å². The minimum absolute atomic E-state index is 0.0712. The molecular weight excluding hydrogens is 374 g/mol. The average molecular weight is 402 g/mol. The molecule has 1 saturated heterocycles. The van der Waals surface area contributed by atoms with Crippen molar-refractivity contribution in [3.8, 4) is 0 Å². The number of anilines is 1. The second-order valence-electron chi connectivity index (χ2n) is 7.90. The lowest BCUT2D eigenvalue weighted by Crippen LogP contribution is -2.30. The first kappa shape index (κ1) is 19.3. The second-order valence-corrected chi connectivity index (χ2v) is 8.76. The van der Waals surface area contributed by atoms with Crippen molar-refractivity contribution in [1.29, 1.82) is 0 Å². The molecule has 0 spiro atoms. The van der Waals surface area contributed by atoms with Gasteiger partial charge in [-0.05, 0) is 50.8 Å². The Morgan fingerprint density at radius 1 is 1.21 bits per heavy atom. The molecule has 2 fully saturated rings. The first-order valence-corrected chi connectivity index (χ1v) is 11.1. The van der Waals surface area contributed by atoms with Gasteiger partial charge in [-0.15, -0.1) is 11.3 Å². The van der Waals surface area contributed by atoms with Crippen molar-refractivity contribution >= 4 is 22.4 Å². The maximum Gasteiger partial charge on any atom is 0.349 e. The van der Waals surface area contributed by atoms with E-state index in [-0.39, 0.29) is 11.5 Å². The molecule has 2 aromatic rings. The highest BCUT2D eigenvalue weighted by molar-refractivity contribution is 7.14. The normalized spacial score (nSPS) is 20.8. The van der Waals surface area contributed by atoms with Gasteiger partial charge in [0.15, 0.2) is 5.13 Å². The molecule has 7 heteroatoms. The van der Waals surface area contributed by atoms with E-state index in [1.807, 2.05) is 11.4 Å². The van der Waals surface area contributed by atoms with Gasteiger partial charge in [-0.3, -0.25) is 10.1 Å². The lowest BCUT2D eigenvalue weighted by atomic mass is 9.87. The lowest BCUT2D eigenvalue weighted by Gasteiger charge is -2.22. The maximum absolute atomic E-state index is 12.7. The summed E-state index contributed by atoms with van der Waals surface area (Å²) in [5, 5.41) is 8.69. The lowest BCUT2D eigenvalue weighted by molar-refractivity contribution is 0.102. The number of piperidine rings is 1. The van der Waals surface area contributed by atoms with Crippen LogP contribution in [0.25, 0.3) is 0 Å². The fourth-order valence-corrected chi connectivity index (χ4v) is 5.08. The van der Waals surface area contributed by atoms with E-state index in [1.54, 1.807) is 6.92 Å². The molecule has 1 aliphatic heterocycles. The van der Waals surface area contributed by atoms with E-state index in [2.05, 4.69) is 15.6 Å². The summed E-state index contributed by atoms with van der Waals surface area (Å²) in [6, 6.07) is 1.84. The number of thiazole rings is 1. The highest BCUT2D eigenvalue weighted by Gasteiger charge is 2.24. The molecule has 1 atom stereocenters. The number of aromatic nitrogens is 1. The fraction of sp³-hybridized carbons (Fsp3) is 0.571. The first-order valence-electron chi connectivity index (χ1n) is 10.2. The van der Waals surface area contributed by atoms with Gasteiger partial charge in [0.05, 0.1) is 5.69 Å². The number of carbonyl (C=O) groups is 1. The van der Waals surface area contributed by atoms with Crippen LogP contribution in [0.5, 0.6) is 0 Å². The molecule has 1 amide bonds.